The Hall–Kier alpha value is -3.52. The van der Waals surface area contributed by atoms with Crippen LogP contribution in [0.4, 0.5) is 0 Å². The largest absolute Gasteiger partial charge is 0.507 e. The highest BCUT2D eigenvalue weighted by Crippen LogP contribution is 2.42. The van der Waals surface area contributed by atoms with Gasteiger partial charge in [0.1, 0.15) is 11.5 Å². The van der Waals surface area contributed by atoms with Crippen molar-refractivity contribution < 1.29 is 33.6 Å². The van der Waals surface area contributed by atoms with Crippen LogP contribution in [0.15, 0.2) is 42.0 Å². The second-order valence-corrected chi connectivity index (χ2v) is 8.56. The van der Waals surface area contributed by atoms with Crippen molar-refractivity contribution in [2.45, 2.75) is 39.3 Å². The highest BCUT2D eigenvalue weighted by atomic mass is 16.5. The van der Waals surface area contributed by atoms with Gasteiger partial charge in [0.05, 0.1) is 39.0 Å². The summed E-state index contributed by atoms with van der Waals surface area (Å²) in [5.74, 6) is -0.0291. The molecule has 1 N–H and O–H groups in total. The number of benzene rings is 2. The van der Waals surface area contributed by atoms with Crippen LogP contribution in [0.25, 0.3) is 5.76 Å². The van der Waals surface area contributed by atoms with Crippen molar-refractivity contribution in [1.82, 2.24) is 4.90 Å². The number of nitrogens with zero attached hydrogens (tertiary/aromatic N) is 1. The molecule has 0 bridgehead atoms. The monoisotopic (exact) mass is 483 g/mol. The fourth-order valence-electron chi connectivity index (χ4n) is 4.21. The number of hydrogen-bond donors (Lipinski definition) is 1. The number of methoxy groups -OCH3 is 3. The Labute approximate surface area is 206 Å². The topological polar surface area (TPSA) is 94.5 Å². The smallest absolute Gasteiger partial charge is 0.295 e. The molecule has 1 fully saturated rings. The van der Waals surface area contributed by atoms with Crippen molar-refractivity contribution in [1.29, 1.82) is 0 Å². The maximum absolute atomic E-state index is 13.2. The van der Waals surface area contributed by atoms with Crippen molar-refractivity contribution in [2.24, 2.45) is 0 Å². The van der Waals surface area contributed by atoms with E-state index in [2.05, 4.69) is 0 Å². The number of aliphatic hydroxyl groups excluding tert-OH is 1. The van der Waals surface area contributed by atoms with Crippen molar-refractivity contribution in [3.8, 4) is 17.2 Å². The Kier molecular flexibility index (Phi) is 8.40. The Morgan fingerprint density at radius 3 is 2.31 bits per heavy atom. The first-order valence-electron chi connectivity index (χ1n) is 11.5. The zero-order valence-corrected chi connectivity index (χ0v) is 21.1. The first-order chi connectivity index (χ1) is 16.7. The lowest BCUT2D eigenvalue weighted by Gasteiger charge is -2.26. The first kappa shape index (κ1) is 26.1. The van der Waals surface area contributed by atoms with E-state index in [-0.39, 0.29) is 24.0 Å². The number of likely N-dealkylation sites (tertiary alicyclic amines) is 1. The van der Waals surface area contributed by atoms with E-state index in [9.17, 15) is 14.7 Å². The number of carbonyl (C=O) groups excluding carboxylic acids is 2. The molecule has 0 spiro atoms. The Balaban J connectivity index is 2.12. The summed E-state index contributed by atoms with van der Waals surface area (Å²) in [6, 6.07) is 9.56. The highest BCUT2D eigenvalue weighted by molar-refractivity contribution is 6.46. The summed E-state index contributed by atoms with van der Waals surface area (Å²) in [6.45, 7) is 6.41. The van der Waals surface area contributed by atoms with Gasteiger partial charge in [-0.05, 0) is 68.7 Å². The first-order valence-corrected chi connectivity index (χ1v) is 11.5. The molecule has 8 heteroatoms. The second kappa shape index (κ2) is 11.3. The third kappa shape index (κ3) is 5.43. The van der Waals surface area contributed by atoms with Gasteiger partial charge in [-0.3, -0.25) is 9.59 Å². The average Bonchev–Trinajstić information content (AvgIpc) is 3.10. The number of Topliss-reactive ketones (excluding diaryl/α,β-unsaturated/α-hetero) is 1. The summed E-state index contributed by atoms with van der Waals surface area (Å²) < 4.78 is 21.7. The van der Waals surface area contributed by atoms with Crippen molar-refractivity contribution in [3.05, 3.63) is 58.7 Å². The van der Waals surface area contributed by atoms with Gasteiger partial charge < -0.3 is 29.0 Å². The van der Waals surface area contributed by atoms with E-state index in [1.165, 1.54) is 19.1 Å². The van der Waals surface area contributed by atoms with Gasteiger partial charge in [-0.15, -0.1) is 0 Å². The molecule has 1 amide bonds. The number of hydrogen-bond acceptors (Lipinski definition) is 7. The molecule has 1 atom stereocenters. The van der Waals surface area contributed by atoms with E-state index in [1.807, 2.05) is 20.8 Å². The predicted octanol–water partition coefficient (Wildman–Crippen LogP) is 4.26. The van der Waals surface area contributed by atoms with Crippen LogP contribution in [0.2, 0.25) is 0 Å². The quantitative estimate of drug-likeness (QED) is 0.234. The van der Waals surface area contributed by atoms with Gasteiger partial charge in [-0.2, -0.15) is 0 Å². The van der Waals surface area contributed by atoms with E-state index in [0.717, 1.165) is 0 Å². The molecule has 1 heterocycles. The number of aliphatic hydroxyl groups is 1. The molecule has 1 aliphatic heterocycles. The second-order valence-electron chi connectivity index (χ2n) is 8.56. The molecule has 0 saturated carbocycles. The van der Waals surface area contributed by atoms with Gasteiger partial charge in [-0.1, -0.05) is 6.07 Å². The lowest BCUT2D eigenvalue weighted by Crippen LogP contribution is -2.31. The molecule has 2 aromatic carbocycles. The molecule has 1 saturated heterocycles. The maximum Gasteiger partial charge on any atom is 0.295 e. The highest BCUT2D eigenvalue weighted by Gasteiger charge is 2.46. The van der Waals surface area contributed by atoms with Crippen LogP contribution in [0.3, 0.4) is 0 Å². The molecular weight excluding hydrogens is 450 g/mol. The molecule has 0 aliphatic carbocycles. The molecule has 1 unspecified atom stereocenters. The van der Waals surface area contributed by atoms with E-state index in [0.29, 0.717) is 47.0 Å². The summed E-state index contributed by atoms with van der Waals surface area (Å²) in [7, 11) is 4.60. The van der Waals surface area contributed by atoms with Crippen molar-refractivity contribution in [3.63, 3.8) is 0 Å². The normalized spacial score (nSPS) is 17.2. The standard InChI is InChI=1S/C27H33NO7/c1-16(2)35-13-7-12-28-24(18-8-11-21(33-5)22(15-18)34-6)23(26(30)27(28)31)25(29)20-10-9-19(32-4)14-17(20)3/h8-11,14-16,24,29H,7,12-13H2,1-6H3/b25-23+. The van der Waals surface area contributed by atoms with Crippen LogP contribution in [0.1, 0.15) is 43.0 Å². The molecule has 35 heavy (non-hydrogen) atoms. The van der Waals surface area contributed by atoms with Gasteiger partial charge in [0.25, 0.3) is 11.7 Å². The van der Waals surface area contributed by atoms with E-state index in [4.69, 9.17) is 18.9 Å². The molecule has 2 aromatic rings. The van der Waals surface area contributed by atoms with E-state index >= 15 is 0 Å². The van der Waals surface area contributed by atoms with Gasteiger partial charge in [-0.25, -0.2) is 0 Å². The molecule has 188 valence electrons. The number of ether oxygens (including phenoxy) is 4. The lowest BCUT2D eigenvalue weighted by molar-refractivity contribution is -0.140. The number of ketones is 1. The third-order valence-corrected chi connectivity index (χ3v) is 5.95. The molecular formula is C27H33NO7. The van der Waals surface area contributed by atoms with Crippen LogP contribution in [-0.2, 0) is 14.3 Å². The maximum atomic E-state index is 13.2. The zero-order chi connectivity index (χ0) is 25.7. The van der Waals surface area contributed by atoms with Crippen LogP contribution < -0.4 is 14.2 Å². The van der Waals surface area contributed by atoms with Crippen LogP contribution in [-0.4, -0.2) is 62.3 Å². The summed E-state index contributed by atoms with van der Waals surface area (Å²) in [5.41, 5.74) is 1.82. The fraction of sp³-hybridized carbons (Fsp3) is 0.407. The fourth-order valence-corrected chi connectivity index (χ4v) is 4.21. The SMILES string of the molecule is COc1ccc(/C(O)=C2\C(=O)C(=O)N(CCCOC(C)C)C2c2ccc(OC)c(OC)c2)c(C)c1. The summed E-state index contributed by atoms with van der Waals surface area (Å²) >= 11 is 0. The van der Waals surface area contributed by atoms with Crippen LogP contribution in [0, 0.1) is 6.92 Å². The molecule has 1 aliphatic rings. The summed E-state index contributed by atoms with van der Waals surface area (Å²) in [4.78, 5) is 27.9. The molecule has 8 nitrogen and oxygen atoms in total. The number of rotatable bonds is 10. The Morgan fingerprint density at radius 1 is 1.00 bits per heavy atom. The predicted molar refractivity (Wildman–Crippen MR) is 132 cm³/mol. The zero-order valence-electron chi connectivity index (χ0n) is 21.1. The van der Waals surface area contributed by atoms with Gasteiger partial charge >= 0.3 is 0 Å². The Morgan fingerprint density at radius 2 is 1.71 bits per heavy atom. The minimum Gasteiger partial charge on any atom is -0.507 e. The number of aryl methyl sites for hydroxylation is 1. The summed E-state index contributed by atoms with van der Waals surface area (Å²) in [6.07, 6.45) is 0.599. The molecule has 0 radical (unpaired) electrons. The average molecular weight is 484 g/mol. The lowest BCUT2D eigenvalue weighted by atomic mass is 9.93. The van der Waals surface area contributed by atoms with Crippen molar-refractivity contribution >= 4 is 17.4 Å². The van der Waals surface area contributed by atoms with Gasteiger partial charge in [0.15, 0.2) is 11.5 Å². The van der Waals surface area contributed by atoms with Crippen molar-refractivity contribution in [2.75, 3.05) is 34.5 Å². The van der Waals surface area contributed by atoms with Gasteiger partial charge in [0, 0.05) is 18.7 Å². The van der Waals surface area contributed by atoms with Gasteiger partial charge in [0.2, 0.25) is 0 Å². The molecule has 3 rings (SSSR count). The summed E-state index contributed by atoms with van der Waals surface area (Å²) in [5, 5.41) is 11.3. The minimum absolute atomic E-state index is 0.0280. The van der Waals surface area contributed by atoms with E-state index in [1.54, 1.807) is 43.5 Å². The van der Waals surface area contributed by atoms with Crippen LogP contribution in [0.5, 0.6) is 17.2 Å². The minimum atomic E-state index is -0.796. The molecule has 0 aromatic heterocycles. The van der Waals surface area contributed by atoms with Crippen LogP contribution >= 0.6 is 0 Å². The number of carbonyl (C=O) groups is 2. The van der Waals surface area contributed by atoms with E-state index < -0.39 is 17.7 Å². The number of amides is 1. The third-order valence-electron chi connectivity index (χ3n) is 5.95. The Bertz CT molecular complexity index is 1120.